The first-order valence-corrected chi connectivity index (χ1v) is 3.62. The molecule has 0 atom stereocenters. The van der Waals surface area contributed by atoms with Gasteiger partial charge in [-0.25, -0.2) is 0 Å². The molecule has 0 aromatic heterocycles. The normalized spacial score (nSPS) is 9.21. The van der Waals surface area contributed by atoms with Gasteiger partial charge in [-0.05, 0) is 17.2 Å². The fourth-order valence-corrected chi connectivity index (χ4v) is 0.941. The molecular formula is C7H6N4O3. The molecule has 1 rings (SSSR count). The molecule has 0 aliphatic carbocycles. The number of nitro benzene ring substituents is 1. The van der Waals surface area contributed by atoms with Gasteiger partial charge in [0.1, 0.15) is 0 Å². The fourth-order valence-electron chi connectivity index (χ4n) is 0.941. The number of aliphatic hydroxyl groups excluding tert-OH is 1. The summed E-state index contributed by atoms with van der Waals surface area (Å²) in [5.74, 6) is 0. The van der Waals surface area contributed by atoms with Crippen LogP contribution in [0.25, 0.3) is 10.4 Å². The molecule has 72 valence electrons. The van der Waals surface area contributed by atoms with E-state index in [9.17, 15) is 10.1 Å². The van der Waals surface area contributed by atoms with Gasteiger partial charge in [0, 0.05) is 22.7 Å². The van der Waals surface area contributed by atoms with E-state index in [4.69, 9.17) is 10.6 Å². The highest BCUT2D eigenvalue weighted by Crippen LogP contribution is 2.25. The largest absolute Gasteiger partial charge is 0.392 e. The molecule has 0 bridgehead atoms. The zero-order valence-electron chi connectivity index (χ0n) is 6.99. The molecule has 1 N–H and O–H groups in total. The Balaban J connectivity index is 3.27. The lowest BCUT2D eigenvalue weighted by Crippen LogP contribution is -1.89. The molecule has 7 heteroatoms. The molecule has 0 radical (unpaired) electrons. The average Bonchev–Trinajstić information content (AvgIpc) is 2.18. The Bertz CT molecular complexity index is 411. The highest BCUT2D eigenvalue weighted by Gasteiger charge is 2.08. The molecule has 0 heterocycles. The summed E-state index contributed by atoms with van der Waals surface area (Å²) in [5, 5.41) is 22.4. The van der Waals surface area contributed by atoms with Crippen LogP contribution in [-0.4, -0.2) is 10.0 Å². The van der Waals surface area contributed by atoms with Gasteiger partial charge in [0.25, 0.3) is 5.69 Å². The predicted octanol–water partition coefficient (Wildman–Crippen LogP) is 2.03. The Morgan fingerprint density at radius 2 is 2.36 bits per heavy atom. The van der Waals surface area contributed by atoms with Crippen LogP contribution in [0.4, 0.5) is 11.4 Å². The van der Waals surface area contributed by atoms with Crippen LogP contribution >= 0.6 is 0 Å². The van der Waals surface area contributed by atoms with Crippen LogP contribution in [0.15, 0.2) is 23.3 Å². The Morgan fingerprint density at radius 1 is 1.64 bits per heavy atom. The van der Waals surface area contributed by atoms with Gasteiger partial charge in [-0.1, -0.05) is 5.11 Å². The first kappa shape index (κ1) is 9.97. The zero-order valence-corrected chi connectivity index (χ0v) is 6.99. The van der Waals surface area contributed by atoms with Crippen LogP contribution in [0.5, 0.6) is 0 Å². The molecular weight excluding hydrogens is 188 g/mol. The first-order chi connectivity index (χ1) is 6.69. The SMILES string of the molecule is [N-]=[N+]=Nc1cc([N+](=O)[O-])ccc1CO. The van der Waals surface area contributed by atoms with Crippen molar-refractivity contribution >= 4 is 11.4 Å². The number of aliphatic hydroxyl groups is 1. The Morgan fingerprint density at radius 3 is 2.86 bits per heavy atom. The molecule has 1 aromatic carbocycles. The molecule has 1 aromatic rings. The van der Waals surface area contributed by atoms with Crippen LogP contribution in [0.2, 0.25) is 0 Å². The standard InChI is InChI=1S/C7H6N4O3/c8-10-9-7-3-6(11(13)14)2-1-5(7)4-12/h1-3,12H,4H2. The number of benzene rings is 1. The van der Waals surface area contributed by atoms with Crippen molar-refractivity contribution in [1.29, 1.82) is 0 Å². The van der Waals surface area contributed by atoms with E-state index in [1.807, 2.05) is 0 Å². The van der Waals surface area contributed by atoms with E-state index in [1.165, 1.54) is 12.1 Å². The van der Waals surface area contributed by atoms with Crippen LogP contribution in [0.1, 0.15) is 5.56 Å². The van der Waals surface area contributed by atoms with Crippen molar-refractivity contribution in [2.24, 2.45) is 5.11 Å². The fraction of sp³-hybridized carbons (Fsp3) is 0.143. The van der Waals surface area contributed by atoms with Crippen molar-refractivity contribution in [3.63, 3.8) is 0 Å². The van der Waals surface area contributed by atoms with E-state index < -0.39 is 4.92 Å². The second kappa shape index (κ2) is 4.22. The lowest BCUT2D eigenvalue weighted by molar-refractivity contribution is -0.384. The Hall–Kier alpha value is -2.11. The van der Waals surface area contributed by atoms with Gasteiger partial charge < -0.3 is 5.11 Å². The first-order valence-electron chi connectivity index (χ1n) is 3.62. The van der Waals surface area contributed by atoms with Gasteiger partial charge >= 0.3 is 0 Å². The molecule has 0 aliphatic rings. The summed E-state index contributed by atoms with van der Waals surface area (Å²) >= 11 is 0. The van der Waals surface area contributed by atoms with E-state index in [0.717, 1.165) is 6.07 Å². The maximum absolute atomic E-state index is 10.4. The minimum absolute atomic E-state index is 0.0733. The monoisotopic (exact) mass is 194 g/mol. The predicted molar refractivity (Wildman–Crippen MR) is 47.8 cm³/mol. The molecule has 0 spiro atoms. The van der Waals surface area contributed by atoms with Crippen molar-refractivity contribution < 1.29 is 10.0 Å². The molecule has 0 amide bonds. The minimum Gasteiger partial charge on any atom is -0.392 e. The van der Waals surface area contributed by atoms with Gasteiger partial charge in [-0.3, -0.25) is 10.1 Å². The number of rotatable bonds is 3. The number of hydrogen-bond donors (Lipinski definition) is 1. The summed E-state index contributed by atoms with van der Waals surface area (Å²) in [7, 11) is 0. The maximum Gasteiger partial charge on any atom is 0.269 e. The van der Waals surface area contributed by atoms with Gasteiger partial charge in [-0.15, -0.1) is 0 Å². The van der Waals surface area contributed by atoms with Crippen molar-refractivity contribution in [2.45, 2.75) is 6.61 Å². The third-order valence-corrected chi connectivity index (χ3v) is 1.60. The van der Waals surface area contributed by atoms with Crippen molar-refractivity contribution in [3.05, 3.63) is 44.3 Å². The van der Waals surface area contributed by atoms with E-state index in [2.05, 4.69) is 10.0 Å². The quantitative estimate of drug-likeness (QED) is 0.261. The third-order valence-electron chi connectivity index (χ3n) is 1.60. The highest BCUT2D eigenvalue weighted by atomic mass is 16.6. The van der Waals surface area contributed by atoms with E-state index in [-0.39, 0.29) is 18.0 Å². The summed E-state index contributed by atoms with van der Waals surface area (Å²) in [6.07, 6.45) is 0. The molecule has 0 saturated heterocycles. The van der Waals surface area contributed by atoms with E-state index >= 15 is 0 Å². The van der Waals surface area contributed by atoms with Crippen LogP contribution in [0, 0.1) is 10.1 Å². The van der Waals surface area contributed by atoms with Gasteiger partial charge in [0.05, 0.1) is 11.5 Å². The summed E-state index contributed by atoms with van der Waals surface area (Å²) in [5.41, 5.74) is 8.43. The smallest absolute Gasteiger partial charge is 0.269 e. The third kappa shape index (κ3) is 1.98. The van der Waals surface area contributed by atoms with Crippen LogP contribution in [0.3, 0.4) is 0 Å². The van der Waals surface area contributed by atoms with Gasteiger partial charge in [0.15, 0.2) is 0 Å². The topological polar surface area (TPSA) is 112 Å². The summed E-state index contributed by atoms with van der Waals surface area (Å²) in [6, 6.07) is 3.70. The highest BCUT2D eigenvalue weighted by molar-refractivity contribution is 5.52. The number of azide groups is 1. The molecule has 14 heavy (non-hydrogen) atoms. The second-order valence-corrected chi connectivity index (χ2v) is 2.42. The summed E-state index contributed by atoms with van der Waals surface area (Å²) in [4.78, 5) is 12.3. The molecule has 0 saturated carbocycles. The number of nitrogens with zero attached hydrogens (tertiary/aromatic N) is 4. The lowest BCUT2D eigenvalue weighted by atomic mass is 10.2. The molecule has 7 nitrogen and oxygen atoms in total. The molecule has 0 aliphatic heterocycles. The van der Waals surface area contributed by atoms with E-state index in [0.29, 0.717) is 5.56 Å². The van der Waals surface area contributed by atoms with Gasteiger partial charge in [-0.2, -0.15) is 0 Å². The van der Waals surface area contributed by atoms with Crippen LogP contribution < -0.4 is 0 Å². The van der Waals surface area contributed by atoms with Gasteiger partial charge in [0.2, 0.25) is 0 Å². The zero-order chi connectivity index (χ0) is 10.6. The number of hydrogen-bond acceptors (Lipinski definition) is 4. The summed E-state index contributed by atoms with van der Waals surface area (Å²) < 4.78 is 0. The van der Waals surface area contributed by atoms with Crippen molar-refractivity contribution in [3.8, 4) is 0 Å². The number of nitro groups is 1. The maximum atomic E-state index is 10.4. The molecule has 0 unspecified atom stereocenters. The molecule has 0 fully saturated rings. The summed E-state index contributed by atoms with van der Waals surface area (Å²) in [6.45, 7) is -0.327. The van der Waals surface area contributed by atoms with E-state index in [1.54, 1.807) is 0 Å². The Labute approximate surface area is 78.4 Å². The average molecular weight is 194 g/mol. The van der Waals surface area contributed by atoms with Crippen molar-refractivity contribution in [2.75, 3.05) is 0 Å². The number of non-ortho nitro benzene ring substituents is 1. The van der Waals surface area contributed by atoms with Crippen LogP contribution in [-0.2, 0) is 6.61 Å². The Kier molecular flexibility index (Phi) is 3.01. The minimum atomic E-state index is -0.600. The van der Waals surface area contributed by atoms with Crippen molar-refractivity contribution in [1.82, 2.24) is 0 Å². The second-order valence-electron chi connectivity index (χ2n) is 2.42. The lowest BCUT2D eigenvalue weighted by Gasteiger charge is -2.00.